The molecule has 3 rings (SSSR count). The molecule has 0 aliphatic heterocycles. The van der Waals surface area contributed by atoms with Crippen LogP contribution in [0.3, 0.4) is 0 Å². The molecule has 3 aromatic rings. The van der Waals surface area contributed by atoms with Gasteiger partial charge in [0.2, 0.25) is 0 Å². The van der Waals surface area contributed by atoms with Crippen molar-refractivity contribution in [1.29, 1.82) is 0 Å². The van der Waals surface area contributed by atoms with Crippen LogP contribution in [-0.4, -0.2) is 45.1 Å². The number of benzene rings is 1. The SMILES string of the molecule is COc1ccc(/C=N/n2c(C)nnc2-n2nc(C)cc2C)c(OC)c1. The number of hydrogen-bond acceptors (Lipinski definition) is 6. The lowest BCUT2D eigenvalue weighted by atomic mass is 10.2. The van der Waals surface area contributed by atoms with Gasteiger partial charge in [-0.3, -0.25) is 0 Å². The predicted molar refractivity (Wildman–Crippen MR) is 93.9 cm³/mol. The summed E-state index contributed by atoms with van der Waals surface area (Å²) >= 11 is 0. The average molecular weight is 340 g/mol. The second kappa shape index (κ2) is 6.76. The standard InChI is InChI=1S/C17H20N6O2/c1-11-8-12(2)22(21-11)17-20-19-13(3)23(17)18-10-14-6-7-15(24-4)9-16(14)25-5/h6-10H,1-5H3/b18-10+. The minimum absolute atomic E-state index is 0.534. The van der Waals surface area contributed by atoms with Crippen LogP contribution in [-0.2, 0) is 0 Å². The van der Waals surface area contributed by atoms with Gasteiger partial charge in [0.1, 0.15) is 11.5 Å². The van der Waals surface area contributed by atoms with E-state index in [1.165, 1.54) is 0 Å². The van der Waals surface area contributed by atoms with Crippen LogP contribution in [0.1, 0.15) is 22.8 Å². The Kier molecular flexibility index (Phi) is 4.51. The first-order valence-electron chi connectivity index (χ1n) is 7.75. The molecule has 8 nitrogen and oxygen atoms in total. The van der Waals surface area contributed by atoms with Gasteiger partial charge in [-0.2, -0.15) is 14.9 Å². The molecule has 8 heteroatoms. The lowest BCUT2D eigenvalue weighted by Gasteiger charge is -2.07. The van der Waals surface area contributed by atoms with Crippen LogP contribution < -0.4 is 9.47 Å². The van der Waals surface area contributed by atoms with Crippen molar-refractivity contribution in [2.45, 2.75) is 20.8 Å². The molecule has 0 spiro atoms. The Hall–Kier alpha value is -3.16. The van der Waals surface area contributed by atoms with Crippen LogP contribution in [0.25, 0.3) is 5.95 Å². The van der Waals surface area contributed by atoms with Crippen LogP contribution in [0.2, 0.25) is 0 Å². The van der Waals surface area contributed by atoms with Gasteiger partial charge in [0, 0.05) is 17.3 Å². The highest BCUT2D eigenvalue weighted by molar-refractivity contribution is 5.84. The number of aryl methyl sites for hydroxylation is 3. The van der Waals surface area contributed by atoms with Gasteiger partial charge in [-0.25, -0.2) is 4.68 Å². The van der Waals surface area contributed by atoms with Crippen molar-refractivity contribution in [1.82, 2.24) is 24.7 Å². The number of methoxy groups -OCH3 is 2. The van der Waals surface area contributed by atoms with Crippen molar-refractivity contribution in [2.75, 3.05) is 14.2 Å². The zero-order valence-corrected chi connectivity index (χ0v) is 14.9. The Labute approximate surface area is 145 Å². The quantitative estimate of drug-likeness (QED) is 0.666. The van der Waals surface area contributed by atoms with Gasteiger partial charge in [0.25, 0.3) is 5.95 Å². The smallest absolute Gasteiger partial charge is 0.273 e. The van der Waals surface area contributed by atoms with Crippen molar-refractivity contribution in [3.8, 4) is 17.4 Å². The average Bonchev–Trinajstić information content (AvgIpc) is 3.14. The van der Waals surface area contributed by atoms with Gasteiger partial charge in [0.15, 0.2) is 5.82 Å². The number of aromatic nitrogens is 5. The first kappa shape index (κ1) is 16.7. The highest BCUT2D eigenvalue weighted by Gasteiger charge is 2.13. The summed E-state index contributed by atoms with van der Waals surface area (Å²) in [5.41, 5.74) is 2.68. The lowest BCUT2D eigenvalue weighted by Crippen LogP contribution is -2.08. The molecule has 2 aromatic heterocycles. The van der Waals surface area contributed by atoms with Crippen LogP contribution in [0.4, 0.5) is 0 Å². The maximum atomic E-state index is 5.40. The number of nitrogens with zero attached hydrogens (tertiary/aromatic N) is 6. The zero-order valence-electron chi connectivity index (χ0n) is 14.9. The Bertz CT molecular complexity index is 925. The number of rotatable bonds is 5. The minimum atomic E-state index is 0.534. The molecule has 2 heterocycles. The fourth-order valence-corrected chi connectivity index (χ4v) is 2.49. The second-order valence-corrected chi connectivity index (χ2v) is 5.55. The van der Waals surface area contributed by atoms with Gasteiger partial charge in [-0.15, -0.1) is 10.2 Å². The molecule has 0 unspecified atom stereocenters. The number of ether oxygens (including phenoxy) is 2. The van der Waals surface area contributed by atoms with E-state index in [0.717, 1.165) is 22.7 Å². The Morgan fingerprint density at radius 1 is 1.04 bits per heavy atom. The van der Waals surface area contributed by atoms with E-state index < -0.39 is 0 Å². The summed E-state index contributed by atoms with van der Waals surface area (Å²) in [5, 5.41) is 17.3. The molecule has 0 aliphatic carbocycles. The zero-order chi connectivity index (χ0) is 18.0. The third-order valence-electron chi connectivity index (χ3n) is 3.73. The van der Waals surface area contributed by atoms with Crippen molar-refractivity contribution in [2.24, 2.45) is 5.10 Å². The van der Waals surface area contributed by atoms with E-state index in [4.69, 9.17) is 9.47 Å². The molecule has 0 fully saturated rings. The molecule has 0 saturated heterocycles. The first-order valence-corrected chi connectivity index (χ1v) is 7.75. The van der Waals surface area contributed by atoms with Gasteiger partial charge >= 0.3 is 0 Å². The van der Waals surface area contributed by atoms with E-state index in [-0.39, 0.29) is 0 Å². The molecule has 0 bridgehead atoms. The summed E-state index contributed by atoms with van der Waals surface area (Å²) in [6.07, 6.45) is 1.70. The molecule has 25 heavy (non-hydrogen) atoms. The molecule has 0 atom stereocenters. The van der Waals surface area contributed by atoms with Crippen LogP contribution >= 0.6 is 0 Å². The molecule has 130 valence electrons. The maximum absolute atomic E-state index is 5.40. The third-order valence-corrected chi connectivity index (χ3v) is 3.73. The molecule has 0 N–H and O–H groups in total. The van der Waals surface area contributed by atoms with E-state index >= 15 is 0 Å². The molecular weight excluding hydrogens is 320 g/mol. The van der Waals surface area contributed by atoms with E-state index in [1.807, 2.05) is 45.0 Å². The third kappa shape index (κ3) is 3.23. The molecule has 0 aliphatic rings. The van der Waals surface area contributed by atoms with Gasteiger partial charge in [-0.05, 0) is 39.0 Å². The second-order valence-electron chi connectivity index (χ2n) is 5.55. The minimum Gasteiger partial charge on any atom is -0.497 e. The van der Waals surface area contributed by atoms with E-state index in [2.05, 4.69) is 20.4 Å². The fraction of sp³-hybridized carbons (Fsp3) is 0.294. The van der Waals surface area contributed by atoms with Gasteiger partial charge in [0.05, 0.1) is 26.1 Å². The van der Waals surface area contributed by atoms with E-state index in [0.29, 0.717) is 17.5 Å². The lowest BCUT2D eigenvalue weighted by molar-refractivity contribution is 0.394. The van der Waals surface area contributed by atoms with Crippen LogP contribution in [0, 0.1) is 20.8 Å². The van der Waals surface area contributed by atoms with Crippen LogP contribution in [0.15, 0.2) is 29.4 Å². The summed E-state index contributed by atoms with van der Waals surface area (Å²) in [7, 11) is 3.22. The summed E-state index contributed by atoms with van der Waals surface area (Å²) in [6.45, 7) is 5.73. The predicted octanol–water partition coefficient (Wildman–Crippen LogP) is 2.29. The largest absolute Gasteiger partial charge is 0.497 e. The Morgan fingerprint density at radius 2 is 1.84 bits per heavy atom. The number of hydrogen-bond donors (Lipinski definition) is 0. The van der Waals surface area contributed by atoms with Gasteiger partial charge in [-0.1, -0.05) is 0 Å². The van der Waals surface area contributed by atoms with Crippen LogP contribution in [0.5, 0.6) is 11.5 Å². The molecule has 0 radical (unpaired) electrons. The van der Waals surface area contributed by atoms with E-state index in [9.17, 15) is 0 Å². The summed E-state index contributed by atoms with van der Waals surface area (Å²) < 4.78 is 14.0. The summed E-state index contributed by atoms with van der Waals surface area (Å²) in [6, 6.07) is 7.52. The molecule has 1 aromatic carbocycles. The highest BCUT2D eigenvalue weighted by atomic mass is 16.5. The topological polar surface area (TPSA) is 79.4 Å². The van der Waals surface area contributed by atoms with Gasteiger partial charge < -0.3 is 9.47 Å². The maximum Gasteiger partial charge on any atom is 0.273 e. The fourth-order valence-electron chi connectivity index (χ4n) is 2.49. The van der Waals surface area contributed by atoms with E-state index in [1.54, 1.807) is 29.8 Å². The molecule has 0 saturated carbocycles. The Morgan fingerprint density at radius 3 is 2.48 bits per heavy atom. The first-order chi connectivity index (χ1) is 12.0. The normalized spacial score (nSPS) is 11.2. The molecular formula is C17H20N6O2. The van der Waals surface area contributed by atoms with Crippen molar-refractivity contribution >= 4 is 6.21 Å². The van der Waals surface area contributed by atoms with Crippen molar-refractivity contribution in [3.63, 3.8) is 0 Å². The van der Waals surface area contributed by atoms with Crippen molar-refractivity contribution < 1.29 is 9.47 Å². The summed E-state index contributed by atoms with van der Waals surface area (Å²) in [5.74, 6) is 2.58. The molecule has 0 amide bonds. The Balaban J connectivity index is 2.00. The monoisotopic (exact) mass is 340 g/mol. The summed E-state index contributed by atoms with van der Waals surface area (Å²) in [4.78, 5) is 0. The highest BCUT2D eigenvalue weighted by Crippen LogP contribution is 2.23. The van der Waals surface area contributed by atoms with Crippen molar-refractivity contribution in [3.05, 3.63) is 47.0 Å².